The van der Waals surface area contributed by atoms with Crippen molar-refractivity contribution in [1.29, 1.82) is 1.43 Å². The fraction of sp³-hybridized carbons (Fsp3) is 0.684. The third kappa shape index (κ3) is 3.47. The predicted octanol–water partition coefficient (Wildman–Crippen LogP) is 5.18. The molecule has 0 aliphatic rings. The van der Waals surface area contributed by atoms with E-state index in [9.17, 15) is 0 Å². The maximum atomic E-state index is 8.25. The van der Waals surface area contributed by atoms with Gasteiger partial charge in [0.2, 0.25) is 9.04 Å². The van der Waals surface area contributed by atoms with E-state index in [1.807, 2.05) is 0 Å². The van der Waals surface area contributed by atoms with Crippen molar-refractivity contribution >= 4 is 38.4 Å². The van der Waals surface area contributed by atoms with Crippen molar-refractivity contribution in [2.75, 3.05) is 0 Å². The summed E-state index contributed by atoms with van der Waals surface area (Å²) in [6.07, 6.45) is 0. The molecule has 1 N–H and O–H groups in total. The molecular weight excluding hydrogens is 357 g/mol. The van der Waals surface area contributed by atoms with Crippen LogP contribution in [0.1, 0.15) is 16.7 Å². The molecule has 0 spiro atoms. The number of benzene rings is 1. The molecule has 0 heterocycles. The molecule has 0 fully saturated rings. The first-order valence-electron chi connectivity index (χ1n) is 9.52. The topological polar surface area (TPSA) is 20.2 Å². The van der Waals surface area contributed by atoms with Gasteiger partial charge in [0, 0.05) is 24.2 Å². The van der Waals surface area contributed by atoms with E-state index in [0.29, 0.717) is 0 Å². The van der Waals surface area contributed by atoms with Crippen LogP contribution in [-0.4, -0.2) is 39.5 Å². The monoisotopic (exact) mass is 396 g/mol. The third-order valence-electron chi connectivity index (χ3n) is 5.62. The molecule has 0 aliphatic heterocycles. The van der Waals surface area contributed by atoms with Crippen LogP contribution < -0.4 is 5.19 Å². The van der Waals surface area contributed by atoms with E-state index in [0.717, 1.165) is 0 Å². The zero-order chi connectivity index (χ0) is 20.0. The molecule has 24 heavy (non-hydrogen) atoms. The van der Waals surface area contributed by atoms with Gasteiger partial charge in [-0.15, -0.1) is 0 Å². The molecule has 0 aliphatic carbocycles. The molecule has 5 heteroatoms. The average Bonchev–Trinajstić information content (AvgIpc) is 2.30. The molecule has 1 nitrogen and oxygen atoms in total. The normalized spacial score (nSPS) is 15.0. The molecule has 1 rings (SSSR count). The smallest absolute Gasteiger partial charge is 0.241 e. The van der Waals surface area contributed by atoms with Crippen LogP contribution in [0, 0.1) is 20.8 Å². The minimum absolute atomic E-state index is 0.268. The standard InChI is InChI=1S/C19H39OSi4/c1-15-13-16(2)18(17(3)14-15)21(20)19(22(4,5)6,23(7,8)9)24(10,11)12/h13-14,20H,1-12H3/i20D. The maximum Gasteiger partial charge on any atom is 0.241 e. The molecule has 0 unspecified atom stereocenters. The van der Waals surface area contributed by atoms with Crippen molar-refractivity contribution in [3.63, 3.8) is 0 Å². The third-order valence-corrected chi connectivity index (χ3v) is 36.6. The lowest BCUT2D eigenvalue weighted by molar-refractivity contribution is 0.578. The largest absolute Gasteiger partial charge is 0.427 e. The number of hydrogen-bond donors (Lipinski definition) is 1. The Kier molecular flexibility index (Phi) is 5.64. The Balaban J connectivity index is 3.98. The Hall–Kier alpha value is 0.0475. The molecule has 0 amide bonds. The van der Waals surface area contributed by atoms with E-state index < -0.39 is 33.3 Å². The summed E-state index contributed by atoms with van der Waals surface area (Å²) in [5.74, 6) is 0. The van der Waals surface area contributed by atoms with E-state index in [4.69, 9.17) is 6.23 Å². The van der Waals surface area contributed by atoms with Crippen LogP contribution in [-0.2, 0) is 0 Å². The predicted molar refractivity (Wildman–Crippen MR) is 121 cm³/mol. The summed E-state index contributed by atoms with van der Waals surface area (Å²) in [5.41, 5.74) is 3.97. The first-order valence-corrected chi connectivity index (χ1v) is 21.0. The molecule has 1 radical (unpaired) electrons. The lowest BCUT2D eigenvalue weighted by Crippen LogP contribution is -2.75. The summed E-state index contributed by atoms with van der Waals surface area (Å²) in [6.45, 7) is 29.4. The minimum atomic E-state index is -1.61. The van der Waals surface area contributed by atoms with Crippen molar-refractivity contribution in [3.8, 4) is 0 Å². The highest BCUT2D eigenvalue weighted by Gasteiger charge is 2.65. The van der Waals surface area contributed by atoms with Gasteiger partial charge in [0.05, 0.1) is 0 Å². The molecule has 0 bridgehead atoms. The Morgan fingerprint density at radius 3 is 1.38 bits per heavy atom. The van der Waals surface area contributed by atoms with Crippen molar-refractivity contribution < 1.29 is 4.80 Å². The molecule has 0 saturated carbocycles. The van der Waals surface area contributed by atoms with E-state index in [1.165, 1.54) is 21.9 Å². The number of hydrogen-bond acceptors (Lipinski definition) is 1. The summed E-state index contributed by atoms with van der Waals surface area (Å²) in [4.78, 5) is 5.84. The van der Waals surface area contributed by atoms with Crippen LogP contribution >= 0.6 is 0 Å². The quantitative estimate of drug-likeness (QED) is 0.657. The Bertz CT molecular complexity index is 565. The first-order chi connectivity index (χ1) is 11.0. The van der Waals surface area contributed by atoms with Crippen molar-refractivity contribution in [1.82, 2.24) is 0 Å². The highest BCUT2D eigenvalue weighted by molar-refractivity contribution is 7.26. The summed E-state index contributed by atoms with van der Waals surface area (Å²) in [7, 11) is -6.29. The molecular formula is C19H39OSi4. The van der Waals surface area contributed by atoms with Gasteiger partial charge in [-0.05, 0) is 41.0 Å². The fourth-order valence-corrected chi connectivity index (χ4v) is 43.7. The Labute approximate surface area is 157 Å². The van der Waals surface area contributed by atoms with Gasteiger partial charge in [0.1, 0.15) is 0 Å². The van der Waals surface area contributed by atoms with Gasteiger partial charge in [0.25, 0.3) is 0 Å². The second-order valence-electron chi connectivity index (χ2n) is 10.6. The molecule has 0 atom stereocenters. The second kappa shape index (κ2) is 6.65. The van der Waals surface area contributed by atoms with Gasteiger partial charge in [0.15, 0.2) is 1.43 Å². The van der Waals surface area contributed by atoms with Crippen LogP contribution in [0.5, 0.6) is 0 Å². The zero-order valence-corrected chi connectivity index (χ0v) is 22.1. The van der Waals surface area contributed by atoms with Crippen molar-refractivity contribution in [3.05, 3.63) is 28.8 Å². The van der Waals surface area contributed by atoms with Crippen molar-refractivity contribution in [2.45, 2.75) is 83.6 Å². The van der Waals surface area contributed by atoms with Crippen LogP contribution in [0.25, 0.3) is 0 Å². The van der Waals surface area contributed by atoms with Crippen LogP contribution in [0.15, 0.2) is 12.1 Å². The molecule has 1 aromatic rings. The molecule has 137 valence electrons. The lowest BCUT2D eigenvalue weighted by atomic mass is 10.1. The summed E-state index contributed by atoms with van der Waals surface area (Å²) in [6, 6.07) is 4.57. The summed E-state index contributed by atoms with van der Waals surface area (Å²) < 4.78 is 8.52. The van der Waals surface area contributed by atoms with Gasteiger partial charge >= 0.3 is 0 Å². The van der Waals surface area contributed by atoms with Gasteiger partial charge in [-0.1, -0.05) is 76.6 Å². The number of aryl methyl sites for hydroxylation is 3. The van der Waals surface area contributed by atoms with Crippen LogP contribution in [0.3, 0.4) is 0 Å². The first kappa shape index (κ1) is 20.4. The van der Waals surface area contributed by atoms with E-state index in [-0.39, 0.29) is 3.91 Å². The van der Waals surface area contributed by atoms with Gasteiger partial charge in [-0.25, -0.2) is 0 Å². The van der Waals surface area contributed by atoms with Crippen LogP contribution in [0.4, 0.5) is 0 Å². The molecule has 0 aromatic heterocycles. The van der Waals surface area contributed by atoms with Crippen LogP contribution in [0.2, 0.25) is 62.8 Å². The van der Waals surface area contributed by atoms with Crippen molar-refractivity contribution in [2.24, 2.45) is 0 Å². The maximum absolute atomic E-state index is 8.25. The summed E-state index contributed by atoms with van der Waals surface area (Å²) in [5, 5.41) is 1.39. The highest BCUT2D eigenvalue weighted by Crippen LogP contribution is 2.55. The second-order valence-corrected chi connectivity index (χ2v) is 31.3. The molecule has 0 saturated heterocycles. The SMILES string of the molecule is [2H]O[Si](c1c(C)cc(C)cc1C)C([Si](C)(C)C)([Si](C)(C)C)[Si](C)(C)C. The Morgan fingerprint density at radius 1 is 0.792 bits per heavy atom. The van der Waals surface area contributed by atoms with E-state index >= 15 is 0 Å². The minimum Gasteiger partial charge on any atom is -0.427 e. The lowest BCUT2D eigenvalue weighted by Gasteiger charge is -2.60. The van der Waals surface area contributed by atoms with Gasteiger partial charge < -0.3 is 4.80 Å². The zero-order valence-electron chi connectivity index (χ0n) is 19.1. The molecule has 1 aromatic carbocycles. The summed E-state index contributed by atoms with van der Waals surface area (Å²) >= 11 is 0. The highest BCUT2D eigenvalue weighted by atomic mass is 28.5. The van der Waals surface area contributed by atoms with Gasteiger partial charge in [-0.3, -0.25) is 0 Å². The van der Waals surface area contributed by atoms with E-state index in [1.54, 1.807) is 0 Å². The number of rotatable bonds is 6. The Morgan fingerprint density at radius 2 is 1.12 bits per heavy atom. The fourth-order valence-electron chi connectivity index (χ4n) is 6.12. The van der Waals surface area contributed by atoms with Gasteiger partial charge in [-0.2, -0.15) is 0 Å². The average molecular weight is 397 g/mol. The van der Waals surface area contributed by atoms with E-state index in [2.05, 4.69) is 91.8 Å².